The molecule has 1 saturated carbocycles. The maximum Gasteiger partial charge on any atom is 0.325 e. The van der Waals surface area contributed by atoms with Crippen molar-refractivity contribution >= 4 is 75.5 Å². The first-order chi connectivity index (χ1) is 38.8. The highest BCUT2D eigenvalue weighted by molar-refractivity contribution is 7.14. The third kappa shape index (κ3) is 21.8. The van der Waals surface area contributed by atoms with E-state index in [4.69, 9.17) is 46.9 Å². The molecule has 1 aliphatic carbocycles. The van der Waals surface area contributed by atoms with Crippen LogP contribution in [0.3, 0.4) is 0 Å². The minimum absolute atomic E-state index is 0.0166. The summed E-state index contributed by atoms with van der Waals surface area (Å²) in [4.78, 5) is 66.9. The maximum atomic E-state index is 14.3. The summed E-state index contributed by atoms with van der Waals surface area (Å²) in [7, 11) is 2.04. The van der Waals surface area contributed by atoms with Gasteiger partial charge in [0.2, 0.25) is 11.8 Å². The van der Waals surface area contributed by atoms with Crippen molar-refractivity contribution in [2.75, 3.05) is 95.9 Å². The number of hydrazone groups is 1. The third-order valence-corrected chi connectivity index (χ3v) is 13.6. The van der Waals surface area contributed by atoms with Crippen LogP contribution in [0.4, 0.5) is 30.1 Å². The highest BCUT2D eigenvalue weighted by Crippen LogP contribution is 2.44. The van der Waals surface area contributed by atoms with Crippen LogP contribution in [0.5, 0.6) is 11.5 Å². The number of amides is 4. The number of anilines is 3. The Hall–Kier alpha value is -7.15. The number of hydrogen-bond acceptors (Lipinski definition) is 17. The Morgan fingerprint density at radius 1 is 0.850 bits per heavy atom. The van der Waals surface area contributed by atoms with Gasteiger partial charge >= 0.3 is 6.03 Å². The standard InChI is InChI=1S/C56H70ClF2N11O9S/c1-69(24-29-77-31-30-75-27-20-44(68-61)37-63-22-28-76-32-33-79-48-15-11-43(12-16-48)65-54(74)67-55-66-45(19-25-71)39-80-55)23-2-3-26-78-47-13-6-40(7-14-47)8-17-51(72)70(46-34-56(58,59)35-46)52(49-18-21-62-38-50(49)60)53(73)64-36-41-4-9-42(57)10-5-41/h4-7,9-16,18,21,25,37-39,46,52H,2-3,8,17,19-20,22-24,26-36,60-61H2,1H3,(H,64,73)(H2,65,66,67,74)/b63-37?,68-44-. The monoisotopic (exact) mass is 1150 g/mol. The topological polar surface area (TPSA) is 260 Å². The first-order valence-electron chi connectivity index (χ1n) is 26.3. The minimum atomic E-state index is -2.94. The van der Waals surface area contributed by atoms with Gasteiger partial charge in [0.1, 0.15) is 30.4 Å². The van der Waals surface area contributed by atoms with Crippen LogP contribution in [0, 0.1) is 0 Å². The van der Waals surface area contributed by atoms with Crippen LogP contribution in [-0.4, -0.2) is 147 Å². The fourth-order valence-electron chi connectivity index (χ4n) is 8.20. The summed E-state index contributed by atoms with van der Waals surface area (Å²) >= 11 is 7.27. The zero-order valence-corrected chi connectivity index (χ0v) is 46.3. The second-order valence-corrected chi connectivity index (χ2v) is 20.0. The summed E-state index contributed by atoms with van der Waals surface area (Å²) in [6, 6.07) is 20.3. The van der Waals surface area contributed by atoms with Gasteiger partial charge in [-0.15, -0.1) is 11.3 Å². The predicted octanol–water partition coefficient (Wildman–Crippen LogP) is 7.77. The molecule has 0 aliphatic heterocycles. The van der Waals surface area contributed by atoms with Crippen molar-refractivity contribution < 1.29 is 51.6 Å². The molecular weight excluding hydrogens is 1080 g/mol. The number of unbranched alkanes of at least 4 members (excludes halogenated alkanes) is 1. The van der Waals surface area contributed by atoms with Crippen LogP contribution in [0.2, 0.25) is 5.02 Å². The predicted molar refractivity (Wildman–Crippen MR) is 305 cm³/mol. The number of alkyl halides is 2. The molecule has 3 aromatic carbocycles. The molecule has 0 spiro atoms. The SMILES string of the molecule is CN(CCCCOc1ccc(CCC(=O)N(C2CC(F)(F)C2)C(C(=O)NCc2ccc(Cl)cc2)c2ccncc2N)cc1)CCOCCOCC/C(C=NCCOCCOc1ccc(NC(=O)Nc2nc(CC=O)cs2)cc1)=N/N. The molecule has 0 saturated heterocycles. The average Bonchev–Trinajstić information content (AvgIpc) is 3.89. The number of nitrogens with zero attached hydrogens (tertiary/aromatic N) is 6. The maximum absolute atomic E-state index is 14.3. The van der Waals surface area contributed by atoms with E-state index in [1.54, 1.807) is 66.2 Å². The lowest BCUT2D eigenvalue weighted by atomic mass is 9.84. The Kier molecular flexibility index (Phi) is 25.9. The van der Waals surface area contributed by atoms with Gasteiger partial charge in [-0.05, 0) is 98.6 Å². The molecule has 0 bridgehead atoms. The van der Waals surface area contributed by atoms with E-state index in [9.17, 15) is 28.0 Å². The summed E-state index contributed by atoms with van der Waals surface area (Å²) in [5.41, 5.74) is 10.2. The van der Waals surface area contributed by atoms with Crippen LogP contribution < -0.4 is 37.0 Å². The van der Waals surface area contributed by atoms with Crippen molar-refractivity contribution in [2.45, 2.75) is 75.9 Å². The number of halogens is 3. The Labute approximate surface area is 473 Å². The molecular formula is C56H70ClF2N11O9S. The van der Waals surface area contributed by atoms with E-state index in [2.05, 4.69) is 40.9 Å². The van der Waals surface area contributed by atoms with Crippen LogP contribution in [0.25, 0.3) is 0 Å². The molecule has 1 unspecified atom stereocenters. The number of likely N-dealkylation sites (N-methyl/N-ethyl adjacent to an activating group) is 1. The normalized spacial score (nSPS) is 13.6. The van der Waals surface area contributed by atoms with Crippen molar-refractivity contribution in [3.8, 4) is 11.5 Å². The molecule has 1 fully saturated rings. The number of pyridine rings is 1. The van der Waals surface area contributed by atoms with Crippen molar-refractivity contribution in [3.05, 3.63) is 124 Å². The summed E-state index contributed by atoms with van der Waals surface area (Å²) in [5, 5.41) is 14.7. The number of rotatable bonds is 36. The van der Waals surface area contributed by atoms with Crippen LogP contribution in [0.1, 0.15) is 67.0 Å². The van der Waals surface area contributed by atoms with Crippen molar-refractivity contribution in [3.63, 3.8) is 0 Å². The number of ether oxygens (including phenoxy) is 5. The number of nitrogens with two attached hydrogens (primary N) is 2. The van der Waals surface area contributed by atoms with E-state index < -0.39 is 48.7 Å². The fraction of sp³-hybridized carbons (Fsp3) is 0.429. The first-order valence-corrected chi connectivity index (χ1v) is 27.5. The summed E-state index contributed by atoms with van der Waals surface area (Å²) < 4.78 is 57.4. The van der Waals surface area contributed by atoms with E-state index in [0.717, 1.165) is 43.3 Å². The zero-order valence-electron chi connectivity index (χ0n) is 44.7. The highest BCUT2D eigenvalue weighted by Gasteiger charge is 2.52. The Bertz CT molecular complexity index is 2750. The van der Waals surface area contributed by atoms with E-state index in [-0.39, 0.29) is 25.1 Å². The van der Waals surface area contributed by atoms with Crippen molar-refractivity contribution in [1.82, 2.24) is 25.1 Å². The van der Waals surface area contributed by atoms with Crippen molar-refractivity contribution in [1.29, 1.82) is 0 Å². The molecule has 430 valence electrons. The molecule has 2 aromatic heterocycles. The summed E-state index contributed by atoms with van der Waals surface area (Å²) in [5.74, 6) is 2.93. The Morgan fingerprint density at radius 2 is 1.54 bits per heavy atom. The van der Waals surface area contributed by atoms with E-state index >= 15 is 0 Å². The largest absolute Gasteiger partial charge is 0.494 e. The van der Waals surface area contributed by atoms with Gasteiger partial charge in [-0.1, -0.05) is 35.9 Å². The quantitative estimate of drug-likeness (QED) is 0.00844. The molecule has 24 heteroatoms. The number of urea groups is 1. The number of nitrogen functional groups attached to an aromatic ring is 1. The molecule has 1 atom stereocenters. The summed E-state index contributed by atoms with van der Waals surface area (Å²) in [6.45, 7) is 5.67. The molecule has 80 heavy (non-hydrogen) atoms. The second-order valence-electron chi connectivity index (χ2n) is 18.7. The lowest BCUT2D eigenvalue weighted by molar-refractivity contribution is -0.164. The molecule has 20 nitrogen and oxygen atoms in total. The van der Waals surface area contributed by atoms with E-state index in [1.807, 2.05) is 31.3 Å². The third-order valence-electron chi connectivity index (χ3n) is 12.5. The van der Waals surface area contributed by atoms with Crippen molar-refractivity contribution in [2.24, 2.45) is 15.9 Å². The molecule has 1 aliphatic rings. The van der Waals surface area contributed by atoms with Gasteiger partial charge in [-0.3, -0.25) is 24.9 Å². The van der Waals surface area contributed by atoms with Gasteiger partial charge < -0.3 is 60.5 Å². The second kappa shape index (κ2) is 33.4. The summed E-state index contributed by atoms with van der Waals surface area (Å²) in [6.07, 6.45) is 6.87. The van der Waals surface area contributed by atoms with E-state index in [1.165, 1.54) is 28.6 Å². The molecule has 0 radical (unpaired) electrons. The van der Waals surface area contributed by atoms with Gasteiger partial charge in [-0.2, -0.15) is 5.10 Å². The minimum Gasteiger partial charge on any atom is -0.494 e. The lowest BCUT2D eigenvalue weighted by Crippen LogP contribution is -2.56. The number of carbonyl (C=O) groups excluding carboxylic acids is 4. The molecule has 7 N–H and O–H groups in total. The Balaban J connectivity index is 0.767. The van der Waals surface area contributed by atoms with Gasteiger partial charge in [0, 0.05) is 85.3 Å². The van der Waals surface area contributed by atoms with E-state index in [0.29, 0.717) is 117 Å². The lowest BCUT2D eigenvalue weighted by Gasteiger charge is -2.45. The number of nitrogens with one attached hydrogen (secondary N) is 3. The number of aryl methyl sites for hydroxylation is 1. The average molecular weight is 1150 g/mol. The highest BCUT2D eigenvalue weighted by atomic mass is 35.5. The first kappa shape index (κ1) is 62.1. The zero-order chi connectivity index (χ0) is 57.0. The Morgan fingerprint density at radius 3 is 2.25 bits per heavy atom. The molecule has 2 heterocycles. The number of aliphatic imine (C=N–C) groups is 1. The molecule has 6 rings (SSSR count). The van der Waals surface area contributed by atoms with Gasteiger partial charge in [0.25, 0.3) is 5.92 Å². The smallest absolute Gasteiger partial charge is 0.325 e. The fourth-order valence-corrected chi connectivity index (χ4v) is 9.05. The van der Waals surface area contributed by atoms with Crippen LogP contribution >= 0.6 is 22.9 Å². The molecule has 4 amide bonds. The number of aromatic nitrogens is 2. The number of aldehydes is 1. The number of hydrogen-bond donors (Lipinski definition) is 5. The van der Waals surface area contributed by atoms with Crippen LogP contribution in [-0.2, 0) is 48.0 Å². The van der Waals surface area contributed by atoms with Gasteiger partial charge in [0.05, 0.1) is 76.1 Å². The van der Waals surface area contributed by atoms with Gasteiger partial charge in [0.15, 0.2) is 5.13 Å². The van der Waals surface area contributed by atoms with Gasteiger partial charge in [-0.25, -0.2) is 18.6 Å². The van der Waals surface area contributed by atoms with Crippen LogP contribution in [0.15, 0.2) is 107 Å². The number of benzene rings is 3. The number of thiazole rings is 1. The molecule has 5 aromatic rings. The number of carbonyl (C=O) groups is 4.